The Kier molecular flexibility index (Phi) is 4.23. The molecule has 2 rings (SSSR count). The Bertz CT molecular complexity index is 605. The van der Waals surface area contributed by atoms with Crippen LogP contribution in [-0.2, 0) is 4.79 Å². The number of nitrogens with zero attached hydrogens (tertiary/aromatic N) is 1. The van der Waals surface area contributed by atoms with Gasteiger partial charge in [-0.3, -0.25) is 4.79 Å². The lowest BCUT2D eigenvalue weighted by atomic mass is 10.5. The summed E-state index contributed by atoms with van der Waals surface area (Å²) in [5.74, 6) is -1.36. The van der Waals surface area contributed by atoms with E-state index in [9.17, 15) is 9.59 Å². The average Bonchev–Trinajstić information content (AvgIpc) is 2.96. The van der Waals surface area contributed by atoms with Crippen molar-refractivity contribution in [3.05, 3.63) is 29.0 Å². The molecule has 8 heteroatoms. The number of carbonyl (C=O) groups is 2. The highest BCUT2D eigenvalue weighted by molar-refractivity contribution is 7.99. The van der Waals surface area contributed by atoms with E-state index in [1.165, 1.54) is 23.5 Å². The summed E-state index contributed by atoms with van der Waals surface area (Å²) in [6.45, 7) is 1.84. The minimum absolute atomic E-state index is 0.130. The highest BCUT2D eigenvalue weighted by atomic mass is 32.2. The zero-order chi connectivity index (χ0) is 13.8. The Morgan fingerprint density at radius 1 is 1.53 bits per heavy atom. The van der Waals surface area contributed by atoms with E-state index in [4.69, 9.17) is 9.52 Å². The Morgan fingerprint density at radius 2 is 2.32 bits per heavy atom. The number of aryl methyl sites for hydroxylation is 1. The number of amides is 1. The molecule has 0 aromatic carbocycles. The van der Waals surface area contributed by atoms with Gasteiger partial charge in [-0.05, 0) is 19.1 Å². The molecule has 2 aromatic rings. The van der Waals surface area contributed by atoms with E-state index in [2.05, 4.69) is 10.3 Å². The third-order valence-electron chi connectivity index (χ3n) is 2.00. The molecule has 19 heavy (non-hydrogen) atoms. The fraction of sp³-hybridized carbons (Fsp3) is 0.182. The van der Waals surface area contributed by atoms with Crippen LogP contribution in [0, 0.1) is 6.92 Å². The molecular weight excluding hydrogens is 288 g/mol. The summed E-state index contributed by atoms with van der Waals surface area (Å²) in [6.07, 6.45) is 0. The first-order chi connectivity index (χ1) is 9.04. The smallest absolute Gasteiger partial charge is 0.371 e. The highest BCUT2D eigenvalue weighted by Crippen LogP contribution is 2.21. The molecule has 2 aromatic heterocycles. The number of carboxylic acids is 1. The van der Waals surface area contributed by atoms with Crippen LogP contribution in [0.5, 0.6) is 0 Å². The second-order valence-corrected chi connectivity index (χ2v) is 5.39. The number of furan rings is 1. The lowest BCUT2D eigenvalue weighted by Gasteiger charge is -1.99. The fourth-order valence-corrected chi connectivity index (χ4v) is 2.58. The molecule has 100 valence electrons. The summed E-state index contributed by atoms with van der Waals surface area (Å²) in [7, 11) is 0. The summed E-state index contributed by atoms with van der Waals surface area (Å²) in [5, 5.41) is 14.1. The van der Waals surface area contributed by atoms with Crippen LogP contribution in [0.2, 0.25) is 0 Å². The number of aromatic nitrogens is 1. The Hall–Kier alpha value is -1.80. The normalized spacial score (nSPS) is 10.4. The summed E-state index contributed by atoms with van der Waals surface area (Å²) in [6, 6.07) is 2.88. The number of carboxylic acid groups (broad SMARTS) is 1. The lowest BCUT2D eigenvalue weighted by Crippen LogP contribution is -2.13. The maximum Gasteiger partial charge on any atom is 0.371 e. The standard InChI is InChI=1S/C11H10N2O4S2/c1-6-4-19-11(12-6)13-8(14)5-18-9-3-2-7(17-9)10(15)16/h2-4H,5H2,1H3,(H,15,16)(H,12,13,14). The number of nitrogens with one attached hydrogen (secondary N) is 1. The molecule has 6 nitrogen and oxygen atoms in total. The van der Waals surface area contributed by atoms with Crippen LogP contribution in [0.25, 0.3) is 0 Å². The highest BCUT2D eigenvalue weighted by Gasteiger charge is 2.11. The van der Waals surface area contributed by atoms with Gasteiger partial charge in [0.05, 0.1) is 11.4 Å². The molecule has 0 unspecified atom stereocenters. The van der Waals surface area contributed by atoms with Crippen molar-refractivity contribution >= 4 is 40.1 Å². The van der Waals surface area contributed by atoms with Crippen molar-refractivity contribution in [1.29, 1.82) is 0 Å². The van der Waals surface area contributed by atoms with Gasteiger partial charge in [0.1, 0.15) is 0 Å². The minimum atomic E-state index is -1.13. The molecule has 0 aliphatic rings. The quantitative estimate of drug-likeness (QED) is 0.824. The zero-order valence-electron chi connectivity index (χ0n) is 9.87. The van der Waals surface area contributed by atoms with Gasteiger partial charge in [-0.1, -0.05) is 11.8 Å². The van der Waals surface area contributed by atoms with Gasteiger partial charge in [0, 0.05) is 5.38 Å². The number of carbonyl (C=O) groups excluding carboxylic acids is 1. The molecule has 0 saturated carbocycles. The summed E-state index contributed by atoms with van der Waals surface area (Å²) in [4.78, 5) is 26.3. The number of hydrogen-bond acceptors (Lipinski definition) is 6. The van der Waals surface area contributed by atoms with Crippen molar-refractivity contribution in [3.63, 3.8) is 0 Å². The van der Waals surface area contributed by atoms with Crippen molar-refractivity contribution in [2.45, 2.75) is 12.0 Å². The number of hydrogen-bond donors (Lipinski definition) is 2. The lowest BCUT2D eigenvalue weighted by molar-refractivity contribution is -0.113. The van der Waals surface area contributed by atoms with Gasteiger partial charge in [0.25, 0.3) is 0 Å². The first-order valence-electron chi connectivity index (χ1n) is 5.22. The molecule has 0 saturated heterocycles. The fourth-order valence-electron chi connectivity index (χ4n) is 1.22. The van der Waals surface area contributed by atoms with Crippen LogP contribution >= 0.6 is 23.1 Å². The van der Waals surface area contributed by atoms with Gasteiger partial charge in [0.15, 0.2) is 10.2 Å². The second kappa shape index (κ2) is 5.89. The largest absolute Gasteiger partial charge is 0.475 e. The van der Waals surface area contributed by atoms with E-state index in [1.807, 2.05) is 12.3 Å². The molecule has 0 atom stereocenters. The number of rotatable bonds is 5. The third kappa shape index (κ3) is 3.83. The molecule has 2 N–H and O–H groups in total. The second-order valence-electron chi connectivity index (χ2n) is 3.55. The van der Waals surface area contributed by atoms with E-state index < -0.39 is 5.97 Å². The van der Waals surface area contributed by atoms with E-state index in [1.54, 1.807) is 0 Å². The van der Waals surface area contributed by atoms with Crippen LogP contribution in [0.15, 0.2) is 27.0 Å². The van der Waals surface area contributed by atoms with Crippen LogP contribution in [0.1, 0.15) is 16.2 Å². The van der Waals surface area contributed by atoms with Gasteiger partial charge >= 0.3 is 5.97 Å². The van der Waals surface area contributed by atoms with Crippen molar-refractivity contribution in [2.24, 2.45) is 0 Å². The van der Waals surface area contributed by atoms with Crippen LogP contribution in [-0.4, -0.2) is 27.7 Å². The maximum atomic E-state index is 11.6. The van der Waals surface area contributed by atoms with Gasteiger partial charge in [-0.15, -0.1) is 11.3 Å². The van der Waals surface area contributed by atoms with Crippen LogP contribution < -0.4 is 5.32 Å². The first-order valence-corrected chi connectivity index (χ1v) is 7.09. The number of thioether (sulfide) groups is 1. The summed E-state index contributed by atoms with van der Waals surface area (Å²) >= 11 is 2.48. The Balaban J connectivity index is 1.84. The van der Waals surface area contributed by atoms with E-state index in [-0.39, 0.29) is 17.4 Å². The Labute approximate surface area is 116 Å². The van der Waals surface area contributed by atoms with Crippen LogP contribution in [0.3, 0.4) is 0 Å². The predicted molar refractivity (Wildman–Crippen MR) is 71.9 cm³/mol. The van der Waals surface area contributed by atoms with Gasteiger partial charge < -0.3 is 14.8 Å². The molecule has 0 radical (unpaired) electrons. The molecule has 2 heterocycles. The molecule has 0 aliphatic carbocycles. The monoisotopic (exact) mass is 298 g/mol. The van der Waals surface area contributed by atoms with Gasteiger partial charge in [0.2, 0.25) is 11.7 Å². The van der Waals surface area contributed by atoms with Crippen molar-refractivity contribution in [3.8, 4) is 0 Å². The summed E-state index contributed by atoms with van der Waals surface area (Å²) in [5.41, 5.74) is 0.852. The number of aromatic carboxylic acids is 1. The topological polar surface area (TPSA) is 92.4 Å². The average molecular weight is 298 g/mol. The first kappa shape index (κ1) is 13.6. The Morgan fingerprint density at radius 3 is 2.89 bits per heavy atom. The van der Waals surface area contributed by atoms with E-state index in [0.717, 1.165) is 17.5 Å². The predicted octanol–water partition coefficient (Wildman–Crippen LogP) is 2.47. The number of thiazole rings is 1. The molecule has 0 spiro atoms. The van der Waals surface area contributed by atoms with Crippen molar-refractivity contribution in [1.82, 2.24) is 4.98 Å². The minimum Gasteiger partial charge on any atom is -0.475 e. The molecule has 0 bridgehead atoms. The van der Waals surface area contributed by atoms with Gasteiger partial charge in [-0.25, -0.2) is 9.78 Å². The van der Waals surface area contributed by atoms with Gasteiger partial charge in [-0.2, -0.15) is 0 Å². The molecular formula is C11H10N2O4S2. The van der Waals surface area contributed by atoms with Crippen LogP contribution in [0.4, 0.5) is 5.13 Å². The SMILES string of the molecule is Cc1csc(NC(=O)CSc2ccc(C(=O)O)o2)n1. The molecule has 0 fully saturated rings. The molecule has 1 amide bonds. The summed E-state index contributed by atoms with van der Waals surface area (Å²) < 4.78 is 5.02. The van der Waals surface area contributed by atoms with Crippen molar-refractivity contribution in [2.75, 3.05) is 11.1 Å². The van der Waals surface area contributed by atoms with E-state index >= 15 is 0 Å². The zero-order valence-corrected chi connectivity index (χ0v) is 11.5. The van der Waals surface area contributed by atoms with Crippen molar-refractivity contribution < 1.29 is 19.1 Å². The molecule has 0 aliphatic heterocycles. The third-order valence-corrected chi connectivity index (χ3v) is 3.79. The maximum absolute atomic E-state index is 11.6. The number of anilines is 1. The van der Waals surface area contributed by atoms with E-state index in [0.29, 0.717) is 10.2 Å².